The zero-order valence-corrected chi connectivity index (χ0v) is 23.4. The number of hydrazine groups is 1. The predicted octanol–water partition coefficient (Wildman–Crippen LogP) is 3.83. The summed E-state index contributed by atoms with van der Waals surface area (Å²) in [4.78, 5) is 62.3. The molecule has 12 heteroatoms. The van der Waals surface area contributed by atoms with E-state index >= 15 is 0 Å². The number of aromatic nitrogens is 2. The second-order valence-electron chi connectivity index (χ2n) is 10.4. The fraction of sp³-hybridized carbons (Fsp3) is 0.407. The number of hydrogen-bond acceptors (Lipinski definition) is 8. The van der Waals surface area contributed by atoms with Crippen LogP contribution in [0.15, 0.2) is 36.0 Å². The van der Waals surface area contributed by atoms with Crippen molar-refractivity contribution in [3.8, 4) is 0 Å². The van der Waals surface area contributed by atoms with Crippen molar-refractivity contribution in [3.63, 3.8) is 0 Å². The van der Waals surface area contributed by atoms with Crippen LogP contribution >= 0.6 is 11.3 Å². The van der Waals surface area contributed by atoms with Crippen molar-refractivity contribution in [2.24, 2.45) is 0 Å². The van der Waals surface area contributed by atoms with Crippen molar-refractivity contribution in [1.29, 1.82) is 0 Å². The number of rotatable bonds is 4. The normalized spacial score (nSPS) is 15.5. The number of carbonyl (C=O) groups is 4. The van der Waals surface area contributed by atoms with Crippen LogP contribution in [-0.2, 0) is 9.53 Å². The summed E-state index contributed by atoms with van der Waals surface area (Å²) in [5.74, 6) is -0.872. The SMILES string of the molecule is CC(=O)NNC(=O)c1ccc(C(=O)N(c2nccc3scc(C)c23)[C@@H]2CCCN(C(=O)OC(C)(C)C)C2)cn1. The number of carbonyl (C=O) groups excluding carboxylic acids is 4. The molecule has 4 rings (SSSR count). The summed E-state index contributed by atoms with van der Waals surface area (Å²) in [6.07, 6.45) is 3.93. The van der Waals surface area contributed by atoms with Crippen molar-refractivity contribution >= 4 is 51.1 Å². The molecule has 206 valence electrons. The van der Waals surface area contributed by atoms with Gasteiger partial charge in [-0.2, -0.15) is 0 Å². The number of nitrogens with zero attached hydrogens (tertiary/aromatic N) is 4. The molecule has 0 radical (unpaired) electrons. The first kappa shape index (κ1) is 28.0. The minimum absolute atomic E-state index is 0.0366. The lowest BCUT2D eigenvalue weighted by molar-refractivity contribution is -0.119. The van der Waals surface area contributed by atoms with Crippen LogP contribution in [0.2, 0.25) is 0 Å². The highest BCUT2D eigenvalue weighted by atomic mass is 32.1. The lowest BCUT2D eigenvalue weighted by Crippen LogP contribution is -2.53. The van der Waals surface area contributed by atoms with Gasteiger partial charge in [-0.15, -0.1) is 11.3 Å². The van der Waals surface area contributed by atoms with Gasteiger partial charge in [0.15, 0.2) is 0 Å². The highest BCUT2D eigenvalue weighted by molar-refractivity contribution is 7.17. The van der Waals surface area contributed by atoms with E-state index in [1.54, 1.807) is 27.3 Å². The van der Waals surface area contributed by atoms with E-state index in [-0.39, 0.29) is 29.8 Å². The number of thiophene rings is 1. The Balaban J connectivity index is 1.68. The Kier molecular flexibility index (Phi) is 8.14. The molecule has 0 saturated carbocycles. The molecule has 1 saturated heterocycles. The van der Waals surface area contributed by atoms with Gasteiger partial charge in [0.25, 0.3) is 11.8 Å². The number of amides is 4. The molecule has 0 aliphatic carbocycles. The first-order valence-electron chi connectivity index (χ1n) is 12.6. The van der Waals surface area contributed by atoms with Gasteiger partial charge in [0.05, 0.1) is 11.6 Å². The van der Waals surface area contributed by atoms with E-state index in [9.17, 15) is 19.2 Å². The van der Waals surface area contributed by atoms with E-state index in [1.807, 2.05) is 39.1 Å². The lowest BCUT2D eigenvalue weighted by atomic mass is 10.0. The van der Waals surface area contributed by atoms with Crippen molar-refractivity contribution < 1.29 is 23.9 Å². The highest BCUT2D eigenvalue weighted by Crippen LogP contribution is 2.35. The van der Waals surface area contributed by atoms with Gasteiger partial charge in [0.2, 0.25) is 5.91 Å². The maximum atomic E-state index is 14.1. The van der Waals surface area contributed by atoms with Gasteiger partial charge in [0, 0.05) is 42.5 Å². The Morgan fingerprint density at radius 1 is 1.13 bits per heavy atom. The van der Waals surface area contributed by atoms with Crippen LogP contribution in [0.3, 0.4) is 0 Å². The van der Waals surface area contributed by atoms with Crippen molar-refractivity contribution in [2.45, 2.75) is 59.1 Å². The summed E-state index contributed by atoms with van der Waals surface area (Å²) in [6.45, 7) is 9.51. The quantitative estimate of drug-likeness (QED) is 0.470. The Morgan fingerprint density at radius 2 is 1.90 bits per heavy atom. The molecule has 4 amide bonds. The lowest BCUT2D eigenvalue weighted by Gasteiger charge is -2.39. The van der Waals surface area contributed by atoms with Crippen molar-refractivity contribution in [2.75, 3.05) is 18.0 Å². The number of hydrogen-bond donors (Lipinski definition) is 2. The summed E-state index contributed by atoms with van der Waals surface area (Å²) in [6, 6.07) is 4.48. The molecular weight excluding hydrogens is 520 g/mol. The van der Waals surface area contributed by atoms with E-state index in [1.165, 1.54) is 25.3 Å². The second kappa shape index (κ2) is 11.4. The third-order valence-electron chi connectivity index (χ3n) is 6.11. The van der Waals surface area contributed by atoms with E-state index in [0.717, 1.165) is 15.6 Å². The molecular formula is C27H32N6O5S. The van der Waals surface area contributed by atoms with Crippen molar-refractivity contribution in [3.05, 3.63) is 52.8 Å². The molecule has 2 N–H and O–H groups in total. The minimum atomic E-state index is -0.639. The summed E-state index contributed by atoms with van der Waals surface area (Å²) >= 11 is 1.57. The van der Waals surface area contributed by atoms with Crippen LogP contribution in [-0.4, -0.2) is 63.4 Å². The van der Waals surface area contributed by atoms with Crippen LogP contribution in [0.25, 0.3) is 10.1 Å². The molecule has 0 bridgehead atoms. The number of anilines is 1. The summed E-state index contributed by atoms with van der Waals surface area (Å²) in [5, 5.41) is 2.90. The van der Waals surface area contributed by atoms with Gasteiger partial charge in [-0.05, 0) is 69.7 Å². The average Bonchev–Trinajstić information content (AvgIpc) is 3.28. The Morgan fingerprint density at radius 3 is 2.56 bits per heavy atom. The Hall–Kier alpha value is -4.06. The van der Waals surface area contributed by atoms with Crippen LogP contribution in [0, 0.1) is 6.92 Å². The fourth-order valence-corrected chi connectivity index (χ4v) is 5.32. The number of fused-ring (bicyclic) bond motifs is 1. The molecule has 1 aliphatic rings. The number of ether oxygens (including phenoxy) is 1. The second-order valence-corrected chi connectivity index (χ2v) is 11.3. The van der Waals surface area contributed by atoms with Gasteiger partial charge in [-0.25, -0.2) is 9.78 Å². The smallest absolute Gasteiger partial charge is 0.410 e. The van der Waals surface area contributed by atoms with Crippen LogP contribution in [0.1, 0.15) is 66.9 Å². The third-order valence-corrected chi connectivity index (χ3v) is 7.17. The minimum Gasteiger partial charge on any atom is -0.444 e. The van der Waals surface area contributed by atoms with Crippen LogP contribution in [0.4, 0.5) is 10.6 Å². The van der Waals surface area contributed by atoms with E-state index < -0.39 is 23.5 Å². The van der Waals surface area contributed by atoms with Gasteiger partial charge < -0.3 is 9.64 Å². The average molecular weight is 553 g/mol. The molecule has 3 aromatic rings. The maximum Gasteiger partial charge on any atom is 0.410 e. The highest BCUT2D eigenvalue weighted by Gasteiger charge is 2.35. The number of nitrogens with one attached hydrogen (secondary N) is 2. The Labute approximate surface area is 230 Å². The summed E-state index contributed by atoms with van der Waals surface area (Å²) in [7, 11) is 0. The largest absolute Gasteiger partial charge is 0.444 e. The topological polar surface area (TPSA) is 134 Å². The monoisotopic (exact) mass is 552 g/mol. The van der Waals surface area contributed by atoms with E-state index in [0.29, 0.717) is 25.2 Å². The predicted molar refractivity (Wildman–Crippen MR) is 148 cm³/mol. The zero-order chi connectivity index (χ0) is 28.3. The number of likely N-dealkylation sites (tertiary alicyclic amines) is 1. The Bertz CT molecular complexity index is 1400. The molecule has 4 heterocycles. The molecule has 3 aromatic heterocycles. The first-order chi connectivity index (χ1) is 18.4. The summed E-state index contributed by atoms with van der Waals surface area (Å²) in [5.41, 5.74) is 5.11. The van der Waals surface area contributed by atoms with Gasteiger partial charge in [-0.1, -0.05) is 0 Å². The molecule has 0 unspecified atom stereocenters. The first-order valence-corrected chi connectivity index (χ1v) is 13.5. The fourth-order valence-electron chi connectivity index (χ4n) is 4.39. The van der Waals surface area contributed by atoms with Gasteiger partial charge in [0.1, 0.15) is 17.1 Å². The molecule has 1 aliphatic heterocycles. The maximum absolute atomic E-state index is 14.1. The number of aryl methyl sites for hydroxylation is 1. The molecule has 0 spiro atoms. The standard InChI is InChI=1S/C27H32N6O5S/c1-16-15-39-21-10-11-28-23(22(16)21)33(19-7-6-12-32(14-19)26(37)38-27(3,4)5)25(36)18-8-9-20(29-13-18)24(35)31-30-17(2)34/h8-11,13,15,19H,6-7,12,14H2,1-5H3,(H,30,34)(H,31,35)/t19-/m1/s1. The zero-order valence-electron chi connectivity index (χ0n) is 22.6. The number of piperidine rings is 1. The summed E-state index contributed by atoms with van der Waals surface area (Å²) < 4.78 is 6.60. The van der Waals surface area contributed by atoms with E-state index in [2.05, 4.69) is 20.8 Å². The van der Waals surface area contributed by atoms with Crippen molar-refractivity contribution in [1.82, 2.24) is 25.7 Å². The third kappa shape index (κ3) is 6.51. The molecule has 0 aromatic carbocycles. The van der Waals surface area contributed by atoms with Gasteiger partial charge in [-0.3, -0.25) is 35.1 Å². The molecule has 39 heavy (non-hydrogen) atoms. The van der Waals surface area contributed by atoms with Crippen LogP contribution < -0.4 is 15.8 Å². The van der Waals surface area contributed by atoms with Gasteiger partial charge >= 0.3 is 6.09 Å². The number of pyridine rings is 2. The van der Waals surface area contributed by atoms with E-state index in [4.69, 9.17) is 4.74 Å². The molecule has 11 nitrogen and oxygen atoms in total. The molecule has 1 atom stereocenters. The molecule has 1 fully saturated rings. The van der Waals surface area contributed by atoms with Crippen LogP contribution in [0.5, 0.6) is 0 Å².